The normalized spacial score (nSPS) is 10.2. The molecule has 1 aromatic carbocycles. The van der Waals surface area contributed by atoms with Gasteiger partial charge in [0.1, 0.15) is 11.6 Å². The summed E-state index contributed by atoms with van der Waals surface area (Å²) in [6.07, 6.45) is 1.77. The number of hydrogen-bond donors (Lipinski definition) is 1. The molecule has 0 fully saturated rings. The Morgan fingerprint density at radius 3 is 2.78 bits per heavy atom. The number of hydrogen-bond acceptors (Lipinski definition) is 4. The number of ether oxygens (including phenoxy) is 1. The number of nitrogens with one attached hydrogen (secondary N) is 1. The lowest BCUT2D eigenvalue weighted by molar-refractivity contribution is 0.416. The molecule has 0 amide bonds. The van der Waals surface area contributed by atoms with Crippen molar-refractivity contribution >= 4 is 5.69 Å². The van der Waals surface area contributed by atoms with Crippen molar-refractivity contribution < 1.29 is 4.74 Å². The Morgan fingerprint density at radius 2 is 2.06 bits per heavy atom. The van der Waals surface area contributed by atoms with Gasteiger partial charge in [-0.25, -0.2) is 9.97 Å². The van der Waals surface area contributed by atoms with Crippen LogP contribution in [-0.2, 0) is 6.54 Å². The van der Waals surface area contributed by atoms with Crippen LogP contribution in [0.1, 0.15) is 17.1 Å². The molecule has 0 bridgehead atoms. The molecule has 0 atom stereocenters. The number of methoxy groups -OCH3 is 1. The van der Waals surface area contributed by atoms with Crippen molar-refractivity contribution in [3.8, 4) is 5.75 Å². The van der Waals surface area contributed by atoms with Crippen LogP contribution < -0.4 is 10.1 Å². The molecular weight excluding hydrogens is 226 g/mol. The summed E-state index contributed by atoms with van der Waals surface area (Å²) in [5.41, 5.74) is 3.14. The van der Waals surface area contributed by atoms with E-state index >= 15 is 0 Å². The van der Waals surface area contributed by atoms with Crippen molar-refractivity contribution in [3.05, 3.63) is 47.5 Å². The van der Waals surface area contributed by atoms with Crippen molar-refractivity contribution in [3.63, 3.8) is 0 Å². The van der Waals surface area contributed by atoms with E-state index in [0.717, 1.165) is 23.0 Å². The summed E-state index contributed by atoms with van der Waals surface area (Å²) in [4.78, 5) is 8.43. The lowest BCUT2D eigenvalue weighted by Crippen LogP contribution is -2.04. The first kappa shape index (κ1) is 12.4. The third-order valence-corrected chi connectivity index (χ3v) is 2.65. The first-order valence-electron chi connectivity index (χ1n) is 5.86. The van der Waals surface area contributed by atoms with Gasteiger partial charge in [-0.2, -0.15) is 0 Å². The third-order valence-electron chi connectivity index (χ3n) is 2.65. The number of nitrogens with zero attached hydrogens (tertiary/aromatic N) is 2. The summed E-state index contributed by atoms with van der Waals surface area (Å²) in [5.74, 6) is 1.62. The summed E-state index contributed by atoms with van der Waals surface area (Å²) in [6, 6.07) is 7.96. The molecule has 0 saturated heterocycles. The zero-order chi connectivity index (χ0) is 13.0. The fourth-order valence-electron chi connectivity index (χ4n) is 1.75. The molecule has 18 heavy (non-hydrogen) atoms. The van der Waals surface area contributed by atoms with E-state index in [2.05, 4.69) is 28.3 Å². The average Bonchev–Trinajstić information content (AvgIpc) is 2.37. The molecule has 0 unspecified atom stereocenters. The van der Waals surface area contributed by atoms with Crippen LogP contribution in [0.25, 0.3) is 0 Å². The average molecular weight is 243 g/mol. The van der Waals surface area contributed by atoms with Crippen LogP contribution in [0, 0.1) is 13.8 Å². The highest BCUT2D eigenvalue weighted by molar-refractivity contribution is 5.58. The van der Waals surface area contributed by atoms with Gasteiger partial charge < -0.3 is 10.1 Å². The summed E-state index contributed by atoms with van der Waals surface area (Å²) >= 11 is 0. The first-order chi connectivity index (χ1) is 8.69. The molecule has 2 rings (SSSR count). The summed E-state index contributed by atoms with van der Waals surface area (Å²) < 4.78 is 5.32. The molecule has 0 radical (unpaired) electrons. The van der Waals surface area contributed by atoms with Crippen LogP contribution in [-0.4, -0.2) is 17.1 Å². The third kappa shape index (κ3) is 2.97. The van der Waals surface area contributed by atoms with Crippen molar-refractivity contribution in [1.82, 2.24) is 9.97 Å². The molecule has 1 aromatic heterocycles. The van der Waals surface area contributed by atoms with Crippen LogP contribution in [0.2, 0.25) is 0 Å². The maximum atomic E-state index is 5.32. The van der Waals surface area contributed by atoms with E-state index in [9.17, 15) is 0 Å². The predicted octanol–water partition coefficient (Wildman–Crippen LogP) is 2.71. The van der Waals surface area contributed by atoms with Gasteiger partial charge in [-0.3, -0.25) is 0 Å². The first-order valence-corrected chi connectivity index (χ1v) is 5.86. The molecule has 0 aliphatic carbocycles. The van der Waals surface area contributed by atoms with Gasteiger partial charge in [-0.15, -0.1) is 0 Å². The minimum atomic E-state index is 0.656. The van der Waals surface area contributed by atoms with Crippen molar-refractivity contribution in [2.45, 2.75) is 20.4 Å². The van der Waals surface area contributed by atoms with Gasteiger partial charge in [0.25, 0.3) is 0 Å². The van der Waals surface area contributed by atoms with Gasteiger partial charge in [0.15, 0.2) is 0 Å². The Morgan fingerprint density at radius 1 is 1.22 bits per heavy atom. The molecular formula is C14H17N3O. The largest absolute Gasteiger partial charge is 0.495 e. The van der Waals surface area contributed by atoms with E-state index in [1.807, 2.05) is 25.1 Å². The van der Waals surface area contributed by atoms with Crippen LogP contribution in [0.3, 0.4) is 0 Å². The van der Waals surface area contributed by atoms with Crippen LogP contribution in [0.15, 0.2) is 30.5 Å². The van der Waals surface area contributed by atoms with Gasteiger partial charge in [0.2, 0.25) is 0 Å². The highest BCUT2D eigenvalue weighted by Crippen LogP contribution is 2.25. The Bertz CT molecular complexity index is 540. The Kier molecular flexibility index (Phi) is 3.77. The number of benzene rings is 1. The molecule has 0 spiro atoms. The van der Waals surface area contributed by atoms with Crippen LogP contribution in [0.4, 0.5) is 5.69 Å². The van der Waals surface area contributed by atoms with E-state index in [1.54, 1.807) is 13.3 Å². The van der Waals surface area contributed by atoms with E-state index < -0.39 is 0 Å². The zero-order valence-electron chi connectivity index (χ0n) is 10.9. The van der Waals surface area contributed by atoms with Gasteiger partial charge in [-0.1, -0.05) is 6.07 Å². The predicted molar refractivity (Wildman–Crippen MR) is 71.8 cm³/mol. The number of anilines is 1. The van der Waals surface area contributed by atoms with Gasteiger partial charge >= 0.3 is 0 Å². The molecule has 0 aliphatic rings. The van der Waals surface area contributed by atoms with E-state index in [0.29, 0.717) is 6.54 Å². The Hall–Kier alpha value is -2.10. The van der Waals surface area contributed by atoms with Crippen LogP contribution >= 0.6 is 0 Å². The Labute approximate surface area is 107 Å². The van der Waals surface area contributed by atoms with Crippen molar-refractivity contribution in [1.29, 1.82) is 0 Å². The maximum absolute atomic E-state index is 5.32. The summed E-state index contributed by atoms with van der Waals surface area (Å²) in [7, 11) is 1.67. The number of aryl methyl sites for hydroxylation is 2. The second kappa shape index (κ2) is 5.49. The van der Waals surface area contributed by atoms with Gasteiger partial charge in [0, 0.05) is 6.20 Å². The van der Waals surface area contributed by atoms with Crippen molar-refractivity contribution in [2.24, 2.45) is 0 Å². The van der Waals surface area contributed by atoms with Crippen LogP contribution in [0.5, 0.6) is 5.75 Å². The lowest BCUT2D eigenvalue weighted by atomic mass is 10.2. The molecule has 4 heteroatoms. The number of rotatable bonds is 4. The molecule has 1 N–H and O–H groups in total. The minimum absolute atomic E-state index is 0.656. The highest BCUT2D eigenvalue weighted by Gasteiger charge is 2.03. The monoisotopic (exact) mass is 243 g/mol. The fourth-order valence-corrected chi connectivity index (χ4v) is 1.75. The molecule has 0 aliphatic heterocycles. The second-order valence-electron chi connectivity index (χ2n) is 4.15. The molecule has 1 heterocycles. The maximum Gasteiger partial charge on any atom is 0.141 e. The SMILES string of the molecule is COc1ccc(C)cc1NCc1ccnc(C)n1. The lowest BCUT2D eigenvalue weighted by Gasteiger charge is -2.11. The smallest absolute Gasteiger partial charge is 0.141 e. The summed E-state index contributed by atoms with van der Waals surface area (Å²) in [6.45, 7) is 4.60. The summed E-state index contributed by atoms with van der Waals surface area (Å²) in [5, 5.41) is 3.33. The number of aromatic nitrogens is 2. The quantitative estimate of drug-likeness (QED) is 0.897. The Balaban J connectivity index is 2.12. The highest BCUT2D eigenvalue weighted by atomic mass is 16.5. The minimum Gasteiger partial charge on any atom is -0.495 e. The fraction of sp³-hybridized carbons (Fsp3) is 0.286. The van der Waals surface area contributed by atoms with Crippen molar-refractivity contribution in [2.75, 3.05) is 12.4 Å². The van der Waals surface area contributed by atoms with E-state index in [-0.39, 0.29) is 0 Å². The molecule has 2 aromatic rings. The zero-order valence-corrected chi connectivity index (χ0v) is 10.9. The van der Waals surface area contributed by atoms with E-state index in [1.165, 1.54) is 5.56 Å². The van der Waals surface area contributed by atoms with Gasteiger partial charge in [0.05, 0.1) is 25.0 Å². The van der Waals surface area contributed by atoms with E-state index in [4.69, 9.17) is 4.74 Å². The topological polar surface area (TPSA) is 47.0 Å². The molecule has 0 saturated carbocycles. The van der Waals surface area contributed by atoms with Gasteiger partial charge in [-0.05, 0) is 37.6 Å². The second-order valence-corrected chi connectivity index (χ2v) is 4.15. The molecule has 4 nitrogen and oxygen atoms in total. The molecule has 94 valence electrons. The standard InChI is InChI=1S/C14H17N3O/c1-10-4-5-14(18-3)13(8-10)16-9-12-6-7-15-11(2)17-12/h4-8,16H,9H2,1-3H3.